The van der Waals surface area contributed by atoms with Crippen molar-refractivity contribution < 1.29 is 0 Å². The van der Waals surface area contributed by atoms with Gasteiger partial charge in [0.25, 0.3) is 0 Å². The van der Waals surface area contributed by atoms with Crippen LogP contribution < -0.4 is 11.1 Å². The third-order valence-electron chi connectivity index (χ3n) is 3.48. The Kier molecular flexibility index (Phi) is 4.95. The minimum atomic E-state index is 0.609. The van der Waals surface area contributed by atoms with E-state index in [1.807, 2.05) is 6.07 Å². The number of halogens is 1. The first-order valence-corrected chi connectivity index (χ1v) is 7.65. The van der Waals surface area contributed by atoms with E-state index in [9.17, 15) is 0 Å². The first-order chi connectivity index (χ1) is 8.25. The Balaban J connectivity index is 1.98. The summed E-state index contributed by atoms with van der Waals surface area (Å²) in [5.41, 5.74) is 8.02. The van der Waals surface area contributed by atoms with Gasteiger partial charge in [-0.05, 0) is 53.6 Å². The monoisotopic (exact) mass is 344 g/mol. The molecule has 0 amide bonds. The SMILES string of the molecule is Nc1cc(I)ccc1NC1CCCCCCC1. The standard InChI is InChI=1S/C14H21IN2/c15-11-8-9-14(13(16)10-11)17-12-6-4-2-1-3-5-7-12/h8-10,12,17H,1-7,16H2. The summed E-state index contributed by atoms with van der Waals surface area (Å²) in [5, 5.41) is 3.62. The van der Waals surface area contributed by atoms with Gasteiger partial charge in [0.2, 0.25) is 0 Å². The van der Waals surface area contributed by atoms with E-state index in [4.69, 9.17) is 5.73 Å². The minimum Gasteiger partial charge on any atom is -0.397 e. The number of nitrogen functional groups attached to an aromatic ring is 1. The van der Waals surface area contributed by atoms with Gasteiger partial charge in [-0.25, -0.2) is 0 Å². The molecule has 1 aromatic rings. The van der Waals surface area contributed by atoms with Gasteiger partial charge >= 0.3 is 0 Å². The number of anilines is 2. The second-order valence-corrected chi connectivity index (χ2v) is 6.16. The predicted molar refractivity (Wildman–Crippen MR) is 83.3 cm³/mol. The second kappa shape index (κ2) is 6.47. The molecule has 0 unspecified atom stereocenters. The lowest BCUT2D eigenvalue weighted by atomic mass is 9.96. The number of hydrogen-bond donors (Lipinski definition) is 2. The third kappa shape index (κ3) is 4.05. The summed E-state index contributed by atoms with van der Waals surface area (Å²) in [6.45, 7) is 0. The van der Waals surface area contributed by atoms with Crippen LogP contribution in [0.3, 0.4) is 0 Å². The molecule has 0 atom stereocenters. The van der Waals surface area contributed by atoms with Gasteiger partial charge in [-0.2, -0.15) is 0 Å². The molecule has 0 bridgehead atoms. The lowest BCUT2D eigenvalue weighted by molar-refractivity contribution is 0.471. The average molecular weight is 344 g/mol. The van der Waals surface area contributed by atoms with Crippen molar-refractivity contribution in [1.82, 2.24) is 0 Å². The van der Waals surface area contributed by atoms with Crippen molar-refractivity contribution in [3.63, 3.8) is 0 Å². The molecule has 0 heterocycles. The number of benzene rings is 1. The van der Waals surface area contributed by atoms with Crippen molar-refractivity contribution in [2.45, 2.75) is 51.0 Å². The van der Waals surface area contributed by atoms with E-state index in [0.29, 0.717) is 6.04 Å². The average Bonchev–Trinajstić information content (AvgIpc) is 2.25. The highest BCUT2D eigenvalue weighted by Crippen LogP contribution is 2.25. The van der Waals surface area contributed by atoms with Crippen molar-refractivity contribution in [1.29, 1.82) is 0 Å². The predicted octanol–water partition coefficient (Wildman–Crippen LogP) is 4.40. The molecule has 94 valence electrons. The smallest absolute Gasteiger partial charge is 0.0576 e. The van der Waals surface area contributed by atoms with Crippen LogP contribution >= 0.6 is 22.6 Å². The Labute approximate surface area is 117 Å². The van der Waals surface area contributed by atoms with E-state index in [0.717, 1.165) is 11.4 Å². The summed E-state index contributed by atoms with van der Waals surface area (Å²) < 4.78 is 1.20. The zero-order chi connectivity index (χ0) is 12.1. The highest BCUT2D eigenvalue weighted by Gasteiger charge is 2.12. The molecule has 1 saturated carbocycles. The van der Waals surface area contributed by atoms with Gasteiger partial charge in [-0.15, -0.1) is 0 Å². The lowest BCUT2D eigenvalue weighted by Crippen LogP contribution is -2.21. The van der Waals surface area contributed by atoms with E-state index in [2.05, 4.69) is 40.0 Å². The molecule has 0 aliphatic heterocycles. The molecular formula is C14H21IN2. The Morgan fingerprint density at radius 2 is 1.71 bits per heavy atom. The summed E-state index contributed by atoms with van der Waals surface area (Å²) in [5.74, 6) is 0. The van der Waals surface area contributed by atoms with Gasteiger partial charge in [0.15, 0.2) is 0 Å². The van der Waals surface area contributed by atoms with Gasteiger partial charge in [0, 0.05) is 9.61 Å². The van der Waals surface area contributed by atoms with Gasteiger partial charge in [-0.1, -0.05) is 32.1 Å². The fraction of sp³-hybridized carbons (Fsp3) is 0.571. The molecule has 1 aromatic carbocycles. The van der Waals surface area contributed by atoms with Crippen LogP contribution in [0.4, 0.5) is 11.4 Å². The topological polar surface area (TPSA) is 38.0 Å². The molecule has 0 radical (unpaired) electrons. The van der Waals surface area contributed by atoms with E-state index < -0.39 is 0 Å². The number of nitrogens with one attached hydrogen (secondary N) is 1. The van der Waals surface area contributed by atoms with Crippen molar-refractivity contribution >= 4 is 34.0 Å². The van der Waals surface area contributed by atoms with E-state index >= 15 is 0 Å². The van der Waals surface area contributed by atoms with Crippen LogP contribution in [0.5, 0.6) is 0 Å². The van der Waals surface area contributed by atoms with Gasteiger partial charge in [-0.3, -0.25) is 0 Å². The van der Waals surface area contributed by atoms with Gasteiger partial charge in [0.1, 0.15) is 0 Å². The zero-order valence-electron chi connectivity index (χ0n) is 10.2. The Morgan fingerprint density at radius 1 is 1.06 bits per heavy atom. The second-order valence-electron chi connectivity index (χ2n) is 4.92. The van der Waals surface area contributed by atoms with Crippen molar-refractivity contribution in [3.8, 4) is 0 Å². The third-order valence-corrected chi connectivity index (χ3v) is 4.15. The summed E-state index contributed by atoms with van der Waals surface area (Å²) in [6, 6.07) is 6.86. The van der Waals surface area contributed by atoms with E-state index in [-0.39, 0.29) is 0 Å². The minimum absolute atomic E-state index is 0.609. The summed E-state index contributed by atoms with van der Waals surface area (Å²) >= 11 is 2.30. The van der Waals surface area contributed by atoms with Gasteiger partial charge in [0.05, 0.1) is 11.4 Å². The molecule has 17 heavy (non-hydrogen) atoms. The highest BCUT2D eigenvalue weighted by molar-refractivity contribution is 14.1. The highest BCUT2D eigenvalue weighted by atomic mass is 127. The van der Waals surface area contributed by atoms with Crippen molar-refractivity contribution in [3.05, 3.63) is 21.8 Å². The Morgan fingerprint density at radius 3 is 2.35 bits per heavy atom. The largest absolute Gasteiger partial charge is 0.397 e. The number of rotatable bonds is 2. The van der Waals surface area contributed by atoms with E-state index in [1.54, 1.807) is 0 Å². The summed E-state index contributed by atoms with van der Waals surface area (Å²) in [7, 11) is 0. The summed E-state index contributed by atoms with van der Waals surface area (Å²) in [4.78, 5) is 0. The molecule has 1 aliphatic carbocycles. The molecule has 1 aliphatic rings. The summed E-state index contributed by atoms with van der Waals surface area (Å²) in [6.07, 6.45) is 9.46. The van der Waals surface area contributed by atoms with E-state index in [1.165, 1.54) is 48.5 Å². The first kappa shape index (κ1) is 13.0. The Hall–Kier alpha value is -0.450. The fourth-order valence-electron chi connectivity index (χ4n) is 2.49. The van der Waals surface area contributed by atoms with Crippen molar-refractivity contribution in [2.75, 3.05) is 11.1 Å². The molecule has 3 heteroatoms. The maximum absolute atomic E-state index is 6.04. The number of hydrogen-bond acceptors (Lipinski definition) is 2. The maximum atomic E-state index is 6.04. The normalized spacial score (nSPS) is 18.4. The van der Waals surface area contributed by atoms with Crippen LogP contribution in [0.1, 0.15) is 44.9 Å². The van der Waals surface area contributed by atoms with Crippen LogP contribution in [-0.4, -0.2) is 6.04 Å². The van der Waals surface area contributed by atoms with Gasteiger partial charge < -0.3 is 11.1 Å². The lowest BCUT2D eigenvalue weighted by Gasteiger charge is -2.23. The first-order valence-electron chi connectivity index (χ1n) is 6.57. The van der Waals surface area contributed by atoms with Crippen LogP contribution in [0.25, 0.3) is 0 Å². The molecule has 3 N–H and O–H groups in total. The molecule has 2 rings (SSSR count). The van der Waals surface area contributed by atoms with Crippen LogP contribution in [-0.2, 0) is 0 Å². The Bertz CT molecular complexity index is 357. The quantitative estimate of drug-likeness (QED) is 0.617. The van der Waals surface area contributed by atoms with Crippen LogP contribution in [0.2, 0.25) is 0 Å². The molecular weight excluding hydrogens is 323 g/mol. The molecule has 1 fully saturated rings. The molecule has 2 nitrogen and oxygen atoms in total. The van der Waals surface area contributed by atoms with Crippen LogP contribution in [0.15, 0.2) is 18.2 Å². The van der Waals surface area contributed by atoms with Crippen LogP contribution in [0, 0.1) is 3.57 Å². The molecule has 0 spiro atoms. The fourth-order valence-corrected chi connectivity index (χ4v) is 3.00. The van der Waals surface area contributed by atoms with Crippen molar-refractivity contribution in [2.24, 2.45) is 0 Å². The number of nitrogens with two attached hydrogens (primary N) is 1. The molecule has 0 aromatic heterocycles. The maximum Gasteiger partial charge on any atom is 0.0576 e. The molecule has 0 saturated heterocycles. The zero-order valence-corrected chi connectivity index (χ0v) is 12.4.